The molecule has 19 heavy (non-hydrogen) atoms. The topological polar surface area (TPSA) is 41.1 Å². The molecule has 0 saturated carbocycles. The summed E-state index contributed by atoms with van der Waals surface area (Å²) in [6.07, 6.45) is 1.04. The van der Waals surface area contributed by atoms with E-state index in [9.17, 15) is 4.79 Å². The van der Waals surface area contributed by atoms with Gasteiger partial charge in [-0.2, -0.15) is 0 Å². The van der Waals surface area contributed by atoms with Gasteiger partial charge in [0.2, 0.25) is 0 Å². The van der Waals surface area contributed by atoms with Gasteiger partial charge in [-0.3, -0.25) is 4.79 Å². The van der Waals surface area contributed by atoms with Gasteiger partial charge in [-0.15, -0.1) is 11.3 Å². The van der Waals surface area contributed by atoms with Crippen molar-refractivity contribution in [3.8, 4) is 0 Å². The summed E-state index contributed by atoms with van der Waals surface area (Å²) in [5.74, 6) is -0.0163. The molecule has 1 aliphatic heterocycles. The molecule has 1 amide bonds. The number of hydrogen-bond donors (Lipinski definition) is 2. The van der Waals surface area contributed by atoms with Crippen molar-refractivity contribution in [1.82, 2.24) is 5.32 Å². The van der Waals surface area contributed by atoms with E-state index in [0.29, 0.717) is 0 Å². The Morgan fingerprint density at radius 3 is 3.11 bits per heavy atom. The van der Waals surface area contributed by atoms with E-state index in [4.69, 9.17) is 0 Å². The molecule has 3 rings (SSSR count). The van der Waals surface area contributed by atoms with Crippen LogP contribution in [0.3, 0.4) is 0 Å². The third-order valence-corrected chi connectivity index (χ3v) is 4.45. The zero-order valence-corrected chi connectivity index (χ0v) is 11.6. The Hall–Kier alpha value is -1.81. The predicted molar refractivity (Wildman–Crippen MR) is 78.8 cm³/mol. The number of anilines is 1. The van der Waals surface area contributed by atoms with Gasteiger partial charge in [0.1, 0.15) is 0 Å². The Morgan fingerprint density at radius 1 is 1.42 bits per heavy atom. The minimum atomic E-state index is -0.0163. The molecule has 1 aromatic heterocycles. The summed E-state index contributed by atoms with van der Waals surface area (Å²) < 4.78 is 0. The first-order chi connectivity index (χ1) is 9.24. The third-order valence-electron chi connectivity index (χ3n) is 3.40. The lowest BCUT2D eigenvalue weighted by molar-refractivity contribution is 0.0940. The maximum absolute atomic E-state index is 12.2. The minimum Gasteiger partial charge on any atom is -0.384 e. The van der Waals surface area contributed by atoms with Crippen LogP contribution in [0.15, 0.2) is 35.7 Å². The van der Waals surface area contributed by atoms with Gasteiger partial charge in [-0.1, -0.05) is 12.1 Å². The Kier molecular flexibility index (Phi) is 3.25. The maximum Gasteiger partial charge on any atom is 0.251 e. The van der Waals surface area contributed by atoms with Gasteiger partial charge in [-0.25, -0.2) is 0 Å². The van der Waals surface area contributed by atoms with Crippen LogP contribution in [0.4, 0.5) is 5.69 Å². The highest BCUT2D eigenvalue weighted by Gasteiger charge is 2.15. The van der Waals surface area contributed by atoms with Crippen molar-refractivity contribution in [2.24, 2.45) is 0 Å². The van der Waals surface area contributed by atoms with Crippen molar-refractivity contribution in [3.63, 3.8) is 0 Å². The van der Waals surface area contributed by atoms with Crippen molar-refractivity contribution in [1.29, 1.82) is 0 Å². The predicted octanol–water partition coefficient (Wildman–Crippen LogP) is 3.21. The summed E-state index contributed by atoms with van der Waals surface area (Å²) in [6.45, 7) is 2.97. The van der Waals surface area contributed by atoms with Gasteiger partial charge in [-0.05, 0) is 42.5 Å². The summed E-state index contributed by atoms with van der Waals surface area (Å²) >= 11 is 1.66. The summed E-state index contributed by atoms with van der Waals surface area (Å²) in [6, 6.07) is 9.98. The van der Waals surface area contributed by atoms with Crippen LogP contribution in [0.5, 0.6) is 0 Å². The number of fused-ring (bicyclic) bond motifs is 1. The fourth-order valence-corrected chi connectivity index (χ4v) is 3.06. The number of rotatable bonds is 3. The molecule has 2 heterocycles. The van der Waals surface area contributed by atoms with Crippen LogP contribution in [0.1, 0.15) is 33.8 Å². The van der Waals surface area contributed by atoms with Crippen LogP contribution in [0.2, 0.25) is 0 Å². The fourth-order valence-electron chi connectivity index (χ4n) is 2.32. The van der Waals surface area contributed by atoms with Crippen LogP contribution in [0.25, 0.3) is 0 Å². The smallest absolute Gasteiger partial charge is 0.251 e. The number of benzene rings is 1. The number of nitrogens with one attached hydrogen (secondary N) is 2. The molecule has 0 bridgehead atoms. The van der Waals surface area contributed by atoms with E-state index in [1.165, 1.54) is 10.4 Å². The maximum atomic E-state index is 12.2. The molecule has 4 heteroatoms. The van der Waals surface area contributed by atoms with Crippen molar-refractivity contribution in [2.45, 2.75) is 19.4 Å². The third kappa shape index (κ3) is 2.49. The molecule has 0 radical (unpaired) electrons. The largest absolute Gasteiger partial charge is 0.384 e. The average Bonchev–Trinajstić information content (AvgIpc) is 3.09. The van der Waals surface area contributed by atoms with Gasteiger partial charge in [0.25, 0.3) is 5.91 Å². The van der Waals surface area contributed by atoms with E-state index in [0.717, 1.165) is 24.2 Å². The Labute approximate surface area is 116 Å². The zero-order valence-electron chi connectivity index (χ0n) is 10.8. The van der Waals surface area contributed by atoms with Crippen LogP contribution in [-0.2, 0) is 6.42 Å². The molecule has 0 spiro atoms. The van der Waals surface area contributed by atoms with E-state index in [1.807, 2.05) is 42.6 Å². The molecule has 1 atom stereocenters. The molecule has 98 valence electrons. The minimum absolute atomic E-state index is 0.0163. The zero-order chi connectivity index (χ0) is 13.2. The lowest BCUT2D eigenvalue weighted by Gasteiger charge is -2.12. The monoisotopic (exact) mass is 272 g/mol. The summed E-state index contributed by atoms with van der Waals surface area (Å²) in [5.41, 5.74) is 3.11. The molecule has 3 nitrogen and oxygen atoms in total. The highest BCUT2D eigenvalue weighted by atomic mass is 32.1. The van der Waals surface area contributed by atoms with E-state index < -0.39 is 0 Å². The van der Waals surface area contributed by atoms with Gasteiger partial charge in [0.15, 0.2) is 0 Å². The Balaban J connectivity index is 1.74. The van der Waals surface area contributed by atoms with Crippen molar-refractivity contribution in [3.05, 3.63) is 51.7 Å². The highest BCUT2D eigenvalue weighted by Crippen LogP contribution is 2.24. The SMILES string of the molecule is C[C@H](NC(=O)c1ccc2c(c1)NCC2)c1cccs1. The first-order valence-electron chi connectivity index (χ1n) is 6.45. The highest BCUT2D eigenvalue weighted by molar-refractivity contribution is 7.10. The summed E-state index contributed by atoms with van der Waals surface area (Å²) in [5, 5.41) is 8.36. The van der Waals surface area contributed by atoms with Gasteiger partial charge < -0.3 is 10.6 Å². The molecular weight excluding hydrogens is 256 g/mol. The standard InChI is InChI=1S/C15H16N2OS/c1-10(14-3-2-8-19-14)17-15(18)12-5-4-11-6-7-16-13(11)9-12/h2-5,8-10,16H,6-7H2,1H3,(H,17,18)/t10-/m0/s1. The Bertz CT molecular complexity index is 592. The number of thiophene rings is 1. The van der Waals surface area contributed by atoms with E-state index >= 15 is 0 Å². The number of amides is 1. The van der Waals surface area contributed by atoms with Crippen LogP contribution >= 0.6 is 11.3 Å². The van der Waals surface area contributed by atoms with Crippen LogP contribution in [-0.4, -0.2) is 12.5 Å². The van der Waals surface area contributed by atoms with Crippen molar-refractivity contribution < 1.29 is 4.79 Å². The molecule has 0 aliphatic carbocycles. The van der Waals surface area contributed by atoms with E-state index in [2.05, 4.69) is 10.6 Å². The molecule has 1 aromatic carbocycles. The molecule has 2 aromatic rings. The molecule has 1 aliphatic rings. The molecule has 2 N–H and O–H groups in total. The summed E-state index contributed by atoms with van der Waals surface area (Å²) in [4.78, 5) is 13.4. The van der Waals surface area contributed by atoms with E-state index in [-0.39, 0.29) is 11.9 Å². The lowest BCUT2D eigenvalue weighted by atomic mass is 10.1. The Morgan fingerprint density at radius 2 is 2.32 bits per heavy atom. The second kappa shape index (κ2) is 5.05. The second-order valence-electron chi connectivity index (χ2n) is 4.76. The van der Waals surface area contributed by atoms with Crippen LogP contribution < -0.4 is 10.6 Å². The second-order valence-corrected chi connectivity index (χ2v) is 5.74. The summed E-state index contributed by atoms with van der Waals surface area (Å²) in [7, 11) is 0. The molecular formula is C15H16N2OS. The quantitative estimate of drug-likeness (QED) is 0.901. The van der Waals surface area contributed by atoms with E-state index in [1.54, 1.807) is 11.3 Å². The fraction of sp³-hybridized carbons (Fsp3) is 0.267. The van der Waals surface area contributed by atoms with Crippen molar-refractivity contribution in [2.75, 3.05) is 11.9 Å². The lowest BCUT2D eigenvalue weighted by Crippen LogP contribution is -2.26. The average molecular weight is 272 g/mol. The molecule has 0 fully saturated rings. The molecule has 0 unspecified atom stereocenters. The van der Waals surface area contributed by atoms with Gasteiger partial charge in [0.05, 0.1) is 6.04 Å². The normalized spacial score (nSPS) is 14.6. The number of carbonyl (C=O) groups is 1. The molecule has 0 saturated heterocycles. The number of hydrogen-bond acceptors (Lipinski definition) is 3. The van der Waals surface area contributed by atoms with Crippen molar-refractivity contribution >= 4 is 22.9 Å². The first-order valence-corrected chi connectivity index (χ1v) is 7.33. The van der Waals surface area contributed by atoms with Crippen LogP contribution in [0, 0.1) is 0 Å². The number of carbonyl (C=O) groups excluding carboxylic acids is 1. The van der Waals surface area contributed by atoms with Gasteiger partial charge in [0, 0.05) is 22.7 Å². The first kappa shape index (κ1) is 12.2. The van der Waals surface area contributed by atoms with Gasteiger partial charge >= 0.3 is 0 Å².